The summed E-state index contributed by atoms with van der Waals surface area (Å²) in [5.41, 5.74) is 2.31. The highest BCUT2D eigenvalue weighted by Gasteiger charge is 2.32. The molecule has 2 aromatic carbocycles. The van der Waals surface area contributed by atoms with E-state index < -0.39 is 23.8 Å². The number of rotatable bonds is 5. The van der Waals surface area contributed by atoms with Crippen molar-refractivity contribution >= 4 is 5.91 Å². The van der Waals surface area contributed by atoms with Gasteiger partial charge in [-0.15, -0.1) is 0 Å². The number of benzene rings is 2. The Morgan fingerprint density at radius 3 is 2.27 bits per heavy atom. The fraction of sp³-hybridized carbons (Fsp3) is 0.160. The fourth-order valence-electron chi connectivity index (χ4n) is 3.26. The lowest BCUT2D eigenvalue weighted by molar-refractivity contribution is -0.141. The van der Waals surface area contributed by atoms with E-state index in [1.807, 2.05) is 61.5 Å². The van der Waals surface area contributed by atoms with Crippen LogP contribution in [0.1, 0.15) is 40.3 Å². The molecule has 1 N–H and O–H groups in total. The maximum atomic E-state index is 13.1. The van der Waals surface area contributed by atoms with E-state index >= 15 is 0 Å². The average molecular weight is 451 g/mol. The van der Waals surface area contributed by atoms with Gasteiger partial charge in [0.2, 0.25) is 11.7 Å². The molecule has 0 bridgehead atoms. The summed E-state index contributed by atoms with van der Waals surface area (Å²) in [5, 5.41) is 2.76. The minimum atomic E-state index is -4.53. The molecule has 0 saturated heterocycles. The van der Waals surface area contributed by atoms with E-state index in [2.05, 4.69) is 15.3 Å². The smallest absolute Gasteiger partial charge is 0.430 e. The summed E-state index contributed by atoms with van der Waals surface area (Å²) >= 11 is 0. The number of carbonyl (C=O) groups is 1. The van der Waals surface area contributed by atoms with Crippen LogP contribution in [0.3, 0.4) is 0 Å². The van der Waals surface area contributed by atoms with E-state index in [4.69, 9.17) is 4.42 Å². The number of carbonyl (C=O) groups excluding carboxylic acids is 1. The molecule has 0 fully saturated rings. The first-order valence-corrected chi connectivity index (χ1v) is 10.2. The lowest BCUT2D eigenvalue weighted by Crippen LogP contribution is -2.27. The van der Waals surface area contributed by atoms with Crippen molar-refractivity contribution in [2.75, 3.05) is 0 Å². The molecule has 0 saturated carbocycles. The predicted molar refractivity (Wildman–Crippen MR) is 117 cm³/mol. The third-order valence-electron chi connectivity index (χ3n) is 5.10. The van der Waals surface area contributed by atoms with Crippen molar-refractivity contribution in [1.29, 1.82) is 0 Å². The third-order valence-corrected chi connectivity index (χ3v) is 5.10. The van der Waals surface area contributed by atoms with E-state index in [0.29, 0.717) is 22.7 Å². The standard InChI is InChI=1S/C25H20F3N3O2/c1-15-8-10-18(11-9-15)24-31-21(17-6-4-3-5-7-17)22(33-24)23(32)30-16(2)19-12-13-20(29-14-19)25(26,27)28/h3-14,16H,1-2H3,(H,30,32)/t16-/m1/s1. The van der Waals surface area contributed by atoms with Gasteiger partial charge in [-0.25, -0.2) is 4.98 Å². The second-order valence-corrected chi connectivity index (χ2v) is 7.60. The van der Waals surface area contributed by atoms with Crippen LogP contribution in [0.5, 0.6) is 0 Å². The average Bonchev–Trinajstić information content (AvgIpc) is 3.25. The van der Waals surface area contributed by atoms with Crippen LogP contribution in [0.15, 0.2) is 77.3 Å². The highest BCUT2D eigenvalue weighted by atomic mass is 19.4. The second-order valence-electron chi connectivity index (χ2n) is 7.60. The van der Waals surface area contributed by atoms with Gasteiger partial charge in [0, 0.05) is 17.3 Å². The van der Waals surface area contributed by atoms with Crippen molar-refractivity contribution in [3.05, 3.63) is 95.5 Å². The second kappa shape index (κ2) is 8.90. The molecular formula is C25H20F3N3O2. The summed E-state index contributed by atoms with van der Waals surface area (Å²) in [6.45, 7) is 3.62. The highest BCUT2D eigenvalue weighted by Crippen LogP contribution is 2.30. The molecule has 2 heterocycles. The largest absolute Gasteiger partial charge is 0.433 e. The molecule has 0 aliphatic rings. The number of oxazole rings is 1. The number of alkyl halides is 3. The van der Waals surface area contributed by atoms with Crippen LogP contribution in [-0.2, 0) is 6.18 Å². The maximum absolute atomic E-state index is 13.1. The van der Waals surface area contributed by atoms with Gasteiger partial charge in [0.25, 0.3) is 5.91 Å². The van der Waals surface area contributed by atoms with Gasteiger partial charge in [0.15, 0.2) is 0 Å². The SMILES string of the molecule is Cc1ccc(-c2nc(-c3ccccc3)c(C(=O)N[C@H](C)c3ccc(C(F)(F)F)nc3)o2)cc1. The van der Waals surface area contributed by atoms with Gasteiger partial charge in [0.1, 0.15) is 11.4 Å². The number of nitrogens with zero attached hydrogens (tertiary/aromatic N) is 2. The Labute approximate surface area is 188 Å². The molecule has 0 aliphatic heterocycles. The lowest BCUT2D eigenvalue weighted by atomic mass is 10.1. The molecule has 5 nitrogen and oxygen atoms in total. The van der Waals surface area contributed by atoms with Gasteiger partial charge in [-0.2, -0.15) is 13.2 Å². The summed E-state index contributed by atoms with van der Waals surface area (Å²) in [7, 11) is 0. The van der Waals surface area contributed by atoms with Gasteiger partial charge in [0.05, 0.1) is 6.04 Å². The van der Waals surface area contributed by atoms with Gasteiger partial charge >= 0.3 is 6.18 Å². The molecule has 4 aromatic rings. The molecule has 8 heteroatoms. The molecule has 2 aromatic heterocycles. The van der Waals surface area contributed by atoms with E-state index in [1.165, 1.54) is 6.07 Å². The fourth-order valence-corrected chi connectivity index (χ4v) is 3.26. The van der Waals surface area contributed by atoms with Crippen LogP contribution in [0, 0.1) is 6.92 Å². The first-order chi connectivity index (χ1) is 15.7. The zero-order valence-corrected chi connectivity index (χ0v) is 17.9. The topological polar surface area (TPSA) is 68.0 Å². The molecule has 0 unspecified atom stereocenters. The number of pyridine rings is 1. The number of nitrogens with one attached hydrogen (secondary N) is 1. The summed E-state index contributed by atoms with van der Waals surface area (Å²) in [6, 6.07) is 18.3. The summed E-state index contributed by atoms with van der Waals surface area (Å²) in [4.78, 5) is 21.1. The van der Waals surface area contributed by atoms with Crippen LogP contribution in [-0.4, -0.2) is 15.9 Å². The Balaban J connectivity index is 1.64. The number of halogens is 3. The minimum Gasteiger partial charge on any atom is -0.430 e. The normalized spacial score (nSPS) is 12.4. The van der Waals surface area contributed by atoms with E-state index in [9.17, 15) is 18.0 Å². The quantitative estimate of drug-likeness (QED) is 0.391. The molecule has 168 valence electrons. The van der Waals surface area contributed by atoms with Gasteiger partial charge < -0.3 is 9.73 Å². The number of hydrogen-bond acceptors (Lipinski definition) is 4. The summed E-state index contributed by atoms with van der Waals surface area (Å²) < 4.78 is 44.2. The monoisotopic (exact) mass is 451 g/mol. The molecule has 0 aliphatic carbocycles. The van der Waals surface area contributed by atoms with E-state index in [0.717, 1.165) is 23.4 Å². The van der Waals surface area contributed by atoms with Crippen LogP contribution in [0.2, 0.25) is 0 Å². The van der Waals surface area contributed by atoms with Crippen molar-refractivity contribution in [3.63, 3.8) is 0 Å². The lowest BCUT2D eigenvalue weighted by Gasteiger charge is -2.14. The van der Waals surface area contributed by atoms with Crippen molar-refractivity contribution < 1.29 is 22.4 Å². The Morgan fingerprint density at radius 2 is 1.67 bits per heavy atom. The summed E-state index contributed by atoms with van der Waals surface area (Å²) in [5.74, 6) is -0.224. The third kappa shape index (κ3) is 4.95. The Bertz CT molecular complexity index is 1250. The van der Waals surface area contributed by atoms with Gasteiger partial charge in [-0.3, -0.25) is 9.78 Å². The Hall–Kier alpha value is -3.94. The van der Waals surface area contributed by atoms with Gasteiger partial charge in [-0.05, 0) is 37.6 Å². The predicted octanol–water partition coefficient (Wildman–Crippen LogP) is 6.22. The maximum Gasteiger partial charge on any atom is 0.433 e. The van der Waals surface area contributed by atoms with E-state index in [1.54, 1.807) is 6.92 Å². The number of amides is 1. The highest BCUT2D eigenvalue weighted by molar-refractivity contribution is 5.98. The molecule has 0 radical (unpaired) electrons. The van der Waals surface area contributed by atoms with Crippen LogP contribution in [0.4, 0.5) is 13.2 Å². The minimum absolute atomic E-state index is 0.0171. The molecule has 1 atom stereocenters. The molecular weight excluding hydrogens is 431 g/mol. The number of aromatic nitrogens is 2. The summed E-state index contributed by atoms with van der Waals surface area (Å²) in [6.07, 6.45) is -3.42. The molecule has 4 rings (SSSR count). The van der Waals surface area contributed by atoms with Crippen LogP contribution in [0.25, 0.3) is 22.7 Å². The van der Waals surface area contributed by atoms with Gasteiger partial charge in [-0.1, -0.05) is 54.1 Å². The molecule has 1 amide bonds. The van der Waals surface area contributed by atoms with Crippen LogP contribution < -0.4 is 5.32 Å². The Kier molecular flexibility index (Phi) is 6.00. The van der Waals surface area contributed by atoms with Crippen molar-refractivity contribution in [2.45, 2.75) is 26.1 Å². The number of aryl methyl sites for hydroxylation is 1. The molecule has 0 spiro atoms. The van der Waals surface area contributed by atoms with E-state index in [-0.39, 0.29) is 5.76 Å². The zero-order valence-electron chi connectivity index (χ0n) is 17.9. The first-order valence-electron chi connectivity index (χ1n) is 10.2. The van der Waals surface area contributed by atoms with Crippen LogP contribution >= 0.6 is 0 Å². The van der Waals surface area contributed by atoms with Crippen molar-refractivity contribution in [3.8, 4) is 22.7 Å². The Morgan fingerprint density at radius 1 is 0.970 bits per heavy atom. The first kappa shape index (κ1) is 22.3. The van der Waals surface area contributed by atoms with Crippen molar-refractivity contribution in [1.82, 2.24) is 15.3 Å². The zero-order chi connectivity index (χ0) is 23.6. The van der Waals surface area contributed by atoms with Crippen molar-refractivity contribution in [2.24, 2.45) is 0 Å². The number of hydrogen-bond donors (Lipinski definition) is 1. The molecule has 33 heavy (non-hydrogen) atoms.